The number of pyridine rings is 1. The second-order valence-electron chi connectivity index (χ2n) is 3.98. The number of benzene rings is 1. The molecule has 4 nitrogen and oxygen atoms in total. The van der Waals surface area contributed by atoms with Gasteiger partial charge in [-0.3, -0.25) is 4.79 Å². The van der Waals surface area contributed by atoms with Crippen LogP contribution in [0.2, 0.25) is 5.02 Å². The van der Waals surface area contributed by atoms with Crippen molar-refractivity contribution in [2.24, 2.45) is 0 Å². The second kappa shape index (κ2) is 5.59. The molecule has 0 atom stereocenters. The van der Waals surface area contributed by atoms with Crippen LogP contribution >= 0.6 is 27.5 Å². The fourth-order valence-corrected chi connectivity index (χ4v) is 2.16. The molecule has 1 aromatic heterocycles. The van der Waals surface area contributed by atoms with Crippen LogP contribution in [-0.4, -0.2) is 10.9 Å². The van der Waals surface area contributed by atoms with Crippen LogP contribution < -0.4 is 11.1 Å². The number of nitrogens with zero attached hydrogens (tertiary/aromatic N) is 1. The minimum Gasteiger partial charge on any atom is -0.384 e. The van der Waals surface area contributed by atoms with Gasteiger partial charge in [-0.2, -0.15) is 0 Å². The Morgan fingerprint density at radius 2 is 2.16 bits per heavy atom. The number of anilines is 2. The summed E-state index contributed by atoms with van der Waals surface area (Å²) < 4.78 is 0.642. The Kier molecular flexibility index (Phi) is 4.07. The Labute approximate surface area is 124 Å². The average molecular weight is 341 g/mol. The molecule has 0 fully saturated rings. The first-order valence-corrected chi connectivity index (χ1v) is 6.64. The minimum absolute atomic E-state index is 0.264. The van der Waals surface area contributed by atoms with Crippen molar-refractivity contribution in [1.29, 1.82) is 0 Å². The number of carbonyl (C=O) groups excluding carboxylic acids is 1. The summed E-state index contributed by atoms with van der Waals surface area (Å²) in [5.74, 6) is 0.0514. The summed E-state index contributed by atoms with van der Waals surface area (Å²) in [4.78, 5) is 16.1. The van der Waals surface area contributed by atoms with Crippen molar-refractivity contribution in [1.82, 2.24) is 4.98 Å². The summed E-state index contributed by atoms with van der Waals surface area (Å²) in [6.45, 7) is 1.78. The predicted molar refractivity (Wildman–Crippen MR) is 80.5 cm³/mol. The molecule has 98 valence electrons. The lowest BCUT2D eigenvalue weighted by atomic mass is 10.2. The first-order valence-electron chi connectivity index (χ1n) is 5.47. The summed E-state index contributed by atoms with van der Waals surface area (Å²) in [7, 11) is 0. The molecule has 0 aliphatic carbocycles. The van der Waals surface area contributed by atoms with Gasteiger partial charge in [-0.1, -0.05) is 17.7 Å². The van der Waals surface area contributed by atoms with E-state index >= 15 is 0 Å². The van der Waals surface area contributed by atoms with E-state index in [-0.39, 0.29) is 5.91 Å². The van der Waals surface area contributed by atoms with E-state index in [1.165, 1.54) is 6.07 Å². The summed E-state index contributed by atoms with van der Waals surface area (Å²) in [5.41, 5.74) is 7.37. The van der Waals surface area contributed by atoms with E-state index in [1.807, 2.05) is 0 Å². The van der Waals surface area contributed by atoms with Crippen LogP contribution in [0.25, 0.3) is 0 Å². The SMILES string of the molecule is Cc1cc(C(=O)Nc2cccc(Cl)c2Br)cc(N)n1. The van der Waals surface area contributed by atoms with E-state index < -0.39 is 0 Å². The van der Waals surface area contributed by atoms with Crippen LogP contribution in [0.1, 0.15) is 16.1 Å². The van der Waals surface area contributed by atoms with Gasteiger partial charge in [0.25, 0.3) is 5.91 Å². The summed E-state index contributed by atoms with van der Waals surface area (Å²) in [6, 6.07) is 8.45. The number of carbonyl (C=O) groups is 1. The van der Waals surface area contributed by atoms with Crippen molar-refractivity contribution >= 4 is 44.9 Å². The number of halogens is 2. The molecule has 0 bridgehead atoms. The standard InChI is InChI=1S/C13H11BrClN3O/c1-7-5-8(6-11(16)17-7)13(19)18-10-4-2-3-9(15)12(10)14/h2-6H,1H3,(H2,16,17)(H,18,19). The van der Waals surface area contributed by atoms with Crippen molar-refractivity contribution < 1.29 is 4.79 Å². The largest absolute Gasteiger partial charge is 0.384 e. The smallest absolute Gasteiger partial charge is 0.255 e. The number of nitrogens with two attached hydrogens (primary N) is 1. The number of amides is 1. The van der Waals surface area contributed by atoms with Crippen molar-refractivity contribution in [2.45, 2.75) is 6.92 Å². The van der Waals surface area contributed by atoms with Gasteiger partial charge in [0.15, 0.2) is 0 Å². The Morgan fingerprint density at radius 3 is 2.84 bits per heavy atom. The molecular weight excluding hydrogens is 330 g/mol. The quantitative estimate of drug-likeness (QED) is 0.877. The highest BCUT2D eigenvalue weighted by atomic mass is 79.9. The summed E-state index contributed by atoms with van der Waals surface area (Å²) >= 11 is 9.29. The van der Waals surface area contributed by atoms with Crippen LogP contribution in [0.5, 0.6) is 0 Å². The third-order valence-electron chi connectivity index (χ3n) is 2.44. The van der Waals surface area contributed by atoms with Crippen molar-refractivity contribution in [3.8, 4) is 0 Å². The second-order valence-corrected chi connectivity index (χ2v) is 5.18. The molecule has 0 saturated carbocycles. The molecule has 0 radical (unpaired) electrons. The number of hydrogen-bond acceptors (Lipinski definition) is 3. The molecule has 1 aromatic carbocycles. The number of nitrogens with one attached hydrogen (secondary N) is 1. The zero-order chi connectivity index (χ0) is 14.0. The Morgan fingerprint density at radius 1 is 1.42 bits per heavy atom. The lowest BCUT2D eigenvalue weighted by Crippen LogP contribution is -2.13. The van der Waals surface area contributed by atoms with Gasteiger partial charge >= 0.3 is 0 Å². The minimum atomic E-state index is -0.264. The molecule has 1 heterocycles. The predicted octanol–water partition coefficient (Wildman–Crippen LogP) is 3.64. The maximum atomic E-state index is 12.1. The highest BCUT2D eigenvalue weighted by molar-refractivity contribution is 9.10. The molecule has 2 aromatic rings. The number of hydrogen-bond donors (Lipinski definition) is 2. The van der Waals surface area contributed by atoms with E-state index in [0.717, 1.165) is 0 Å². The van der Waals surface area contributed by atoms with Gasteiger partial charge in [0.2, 0.25) is 0 Å². The molecule has 3 N–H and O–H groups in total. The summed E-state index contributed by atoms with van der Waals surface area (Å²) in [5, 5.41) is 3.30. The van der Waals surface area contributed by atoms with Gasteiger partial charge < -0.3 is 11.1 Å². The number of rotatable bonds is 2. The average Bonchev–Trinajstić information content (AvgIpc) is 2.33. The first-order chi connectivity index (χ1) is 8.97. The van der Waals surface area contributed by atoms with Crippen LogP contribution in [0.4, 0.5) is 11.5 Å². The van der Waals surface area contributed by atoms with E-state index in [2.05, 4.69) is 26.2 Å². The van der Waals surface area contributed by atoms with Crippen LogP contribution in [-0.2, 0) is 0 Å². The topological polar surface area (TPSA) is 68.0 Å². The third kappa shape index (κ3) is 3.24. The summed E-state index contributed by atoms with van der Waals surface area (Å²) in [6.07, 6.45) is 0. The molecule has 19 heavy (non-hydrogen) atoms. The van der Waals surface area contributed by atoms with E-state index in [1.54, 1.807) is 31.2 Å². The molecular formula is C13H11BrClN3O. The molecule has 1 amide bonds. The van der Waals surface area contributed by atoms with E-state index in [9.17, 15) is 4.79 Å². The fraction of sp³-hybridized carbons (Fsp3) is 0.0769. The fourth-order valence-electron chi connectivity index (χ4n) is 1.62. The zero-order valence-corrected chi connectivity index (χ0v) is 12.4. The van der Waals surface area contributed by atoms with Crippen LogP contribution in [0.3, 0.4) is 0 Å². The molecule has 6 heteroatoms. The Balaban J connectivity index is 2.28. The van der Waals surface area contributed by atoms with Gasteiger partial charge in [-0.05, 0) is 47.1 Å². The molecule has 0 spiro atoms. The number of nitrogen functional groups attached to an aromatic ring is 1. The lowest BCUT2D eigenvalue weighted by molar-refractivity contribution is 0.102. The van der Waals surface area contributed by atoms with Crippen LogP contribution in [0.15, 0.2) is 34.8 Å². The number of aryl methyl sites for hydroxylation is 1. The Bertz CT molecular complexity index is 626. The van der Waals surface area contributed by atoms with Gasteiger partial charge in [-0.25, -0.2) is 4.98 Å². The molecule has 0 aliphatic heterocycles. The Hall–Kier alpha value is -1.59. The first kappa shape index (κ1) is 13.8. The van der Waals surface area contributed by atoms with Gasteiger partial charge in [0, 0.05) is 11.3 Å². The maximum Gasteiger partial charge on any atom is 0.255 e. The molecule has 2 rings (SSSR count). The lowest BCUT2D eigenvalue weighted by Gasteiger charge is -2.09. The molecule has 0 saturated heterocycles. The van der Waals surface area contributed by atoms with Crippen molar-refractivity contribution in [3.05, 3.63) is 51.1 Å². The maximum absolute atomic E-state index is 12.1. The highest BCUT2D eigenvalue weighted by Gasteiger charge is 2.11. The molecule has 0 aliphatic rings. The zero-order valence-electron chi connectivity index (χ0n) is 10.1. The van der Waals surface area contributed by atoms with E-state index in [4.69, 9.17) is 17.3 Å². The van der Waals surface area contributed by atoms with E-state index in [0.29, 0.717) is 32.3 Å². The highest BCUT2D eigenvalue weighted by Crippen LogP contribution is 2.30. The van der Waals surface area contributed by atoms with Crippen molar-refractivity contribution in [2.75, 3.05) is 11.1 Å². The number of aromatic nitrogens is 1. The van der Waals surface area contributed by atoms with Gasteiger partial charge in [0.1, 0.15) is 5.82 Å². The molecule has 0 unspecified atom stereocenters. The van der Waals surface area contributed by atoms with Gasteiger partial charge in [0.05, 0.1) is 15.2 Å². The monoisotopic (exact) mass is 339 g/mol. The van der Waals surface area contributed by atoms with Crippen LogP contribution in [0, 0.1) is 6.92 Å². The van der Waals surface area contributed by atoms with Gasteiger partial charge in [-0.15, -0.1) is 0 Å². The van der Waals surface area contributed by atoms with Crippen molar-refractivity contribution in [3.63, 3.8) is 0 Å². The normalized spacial score (nSPS) is 10.3. The third-order valence-corrected chi connectivity index (χ3v) is 3.83.